The summed E-state index contributed by atoms with van der Waals surface area (Å²) >= 11 is 5.56. The van der Waals surface area contributed by atoms with Gasteiger partial charge < -0.3 is 5.32 Å². The van der Waals surface area contributed by atoms with Crippen molar-refractivity contribution in [1.29, 1.82) is 0 Å². The van der Waals surface area contributed by atoms with Crippen LogP contribution in [0.1, 0.15) is 29.2 Å². The molecule has 0 saturated heterocycles. The van der Waals surface area contributed by atoms with E-state index in [4.69, 9.17) is 0 Å². The fourth-order valence-electron chi connectivity index (χ4n) is 2.34. The third kappa shape index (κ3) is 5.17. The number of nitrogens with one attached hydrogen (secondary N) is 1. The van der Waals surface area contributed by atoms with E-state index in [0.29, 0.717) is 0 Å². The van der Waals surface area contributed by atoms with E-state index in [9.17, 15) is 0 Å². The van der Waals surface area contributed by atoms with Crippen molar-refractivity contribution in [3.63, 3.8) is 0 Å². The van der Waals surface area contributed by atoms with Gasteiger partial charge in [-0.05, 0) is 43.7 Å². The lowest BCUT2D eigenvalue weighted by atomic mass is 10.1. The molecule has 0 saturated carbocycles. The average molecular weight is 364 g/mol. The molecule has 1 N–H and O–H groups in total. The third-order valence-corrected chi connectivity index (χ3v) is 5.08. The standard InChI is InChI=1S/C18H22BrNS/c1-4-20-11-16-5-6-17(10-18(16)19)21-12-15-8-13(2)7-14(3)9-15/h5-10,20H,4,11-12H2,1-3H3. The lowest BCUT2D eigenvalue weighted by Gasteiger charge is -2.09. The van der Waals surface area contributed by atoms with Crippen LogP contribution in [0.15, 0.2) is 45.8 Å². The zero-order valence-electron chi connectivity index (χ0n) is 12.9. The van der Waals surface area contributed by atoms with Crippen molar-refractivity contribution in [3.05, 3.63) is 63.1 Å². The van der Waals surface area contributed by atoms with Gasteiger partial charge in [-0.3, -0.25) is 0 Å². The molecule has 0 amide bonds. The fraction of sp³-hybridized carbons (Fsp3) is 0.333. The van der Waals surface area contributed by atoms with Crippen LogP contribution in [-0.4, -0.2) is 6.54 Å². The van der Waals surface area contributed by atoms with E-state index < -0.39 is 0 Å². The van der Waals surface area contributed by atoms with Crippen LogP contribution in [0.4, 0.5) is 0 Å². The molecule has 2 aromatic rings. The van der Waals surface area contributed by atoms with Gasteiger partial charge in [-0.15, -0.1) is 11.8 Å². The minimum Gasteiger partial charge on any atom is -0.313 e. The van der Waals surface area contributed by atoms with Crippen LogP contribution in [0.3, 0.4) is 0 Å². The smallest absolute Gasteiger partial charge is 0.0232 e. The molecule has 0 aliphatic carbocycles. The predicted molar refractivity (Wildman–Crippen MR) is 97.0 cm³/mol. The first kappa shape index (κ1) is 16.6. The highest BCUT2D eigenvalue weighted by molar-refractivity contribution is 9.10. The van der Waals surface area contributed by atoms with E-state index in [0.717, 1.165) is 18.8 Å². The van der Waals surface area contributed by atoms with E-state index in [1.165, 1.54) is 31.6 Å². The van der Waals surface area contributed by atoms with Crippen molar-refractivity contribution >= 4 is 27.7 Å². The molecule has 0 aliphatic rings. The van der Waals surface area contributed by atoms with Crippen molar-refractivity contribution in [2.75, 3.05) is 6.54 Å². The second-order valence-electron chi connectivity index (χ2n) is 5.32. The number of halogens is 1. The Morgan fingerprint density at radius 2 is 1.76 bits per heavy atom. The summed E-state index contributed by atoms with van der Waals surface area (Å²) in [5.74, 6) is 1.02. The van der Waals surface area contributed by atoms with Gasteiger partial charge in [-0.2, -0.15) is 0 Å². The van der Waals surface area contributed by atoms with Crippen LogP contribution in [0, 0.1) is 13.8 Å². The van der Waals surface area contributed by atoms with Crippen LogP contribution in [0.5, 0.6) is 0 Å². The zero-order chi connectivity index (χ0) is 15.2. The Kier molecular flexibility index (Phi) is 6.34. The molecule has 0 spiro atoms. The Balaban J connectivity index is 2.01. The van der Waals surface area contributed by atoms with Crippen LogP contribution in [0.2, 0.25) is 0 Å². The van der Waals surface area contributed by atoms with E-state index in [1.807, 2.05) is 11.8 Å². The van der Waals surface area contributed by atoms with Gasteiger partial charge in [0.15, 0.2) is 0 Å². The minimum atomic E-state index is 0.916. The molecule has 2 aromatic carbocycles. The molecular formula is C18H22BrNS. The van der Waals surface area contributed by atoms with Gasteiger partial charge in [-0.25, -0.2) is 0 Å². The van der Waals surface area contributed by atoms with Gasteiger partial charge in [0.25, 0.3) is 0 Å². The van der Waals surface area contributed by atoms with Gasteiger partial charge in [0.1, 0.15) is 0 Å². The van der Waals surface area contributed by atoms with Gasteiger partial charge >= 0.3 is 0 Å². The van der Waals surface area contributed by atoms with Crippen molar-refractivity contribution < 1.29 is 0 Å². The molecule has 0 atom stereocenters. The summed E-state index contributed by atoms with van der Waals surface area (Å²) in [6, 6.07) is 13.4. The number of aryl methyl sites for hydroxylation is 2. The normalized spacial score (nSPS) is 10.9. The highest BCUT2D eigenvalue weighted by Crippen LogP contribution is 2.28. The first-order chi connectivity index (χ1) is 10.1. The van der Waals surface area contributed by atoms with Gasteiger partial charge in [0, 0.05) is 21.7 Å². The first-order valence-corrected chi connectivity index (χ1v) is 9.05. The molecule has 1 nitrogen and oxygen atoms in total. The lowest BCUT2D eigenvalue weighted by molar-refractivity contribution is 0.724. The van der Waals surface area contributed by atoms with Crippen molar-refractivity contribution in [3.8, 4) is 0 Å². The number of hydrogen-bond acceptors (Lipinski definition) is 2. The topological polar surface area (TPSA) is 12.0 Å². The van der Waals surface area contributed by atoms with Gasteiger partial charge in [0.05, 0.1) is 0 Å². The Bertz CT molecular complexity index is 590. The number of rotatable bonds is 6. The third-order valence-electron chi connectivity index (χ3n) is 3.28. The quantitative estimate of drug-likeness (QED) is 0.683. The van der Waals surface area contributed by atoms with Gasteiger partial charge in [0.2, 0.25) is 0 Å². The lowest BCUT2D eigenvalue weighted by Crippen LogP contribution is -2.11. The summed E-state index contributed by atoms with van der Waals surface area (Å²) in [5.41, 5.74) is 5.39. The molecule has 21 heavy (non-hydrogen) atoms. The van der Waals surface area contributed by atoms with Gasteiger partial charge in [-0.1, -0.05) is 58.2 Å². The monoisotopic (exact) mass is 363 g/mol. The van der Waals surface area contributed by atoms with Crippen molar-refractivity contribution in [2.24, 2.45) is 0 Å². The molecule has 0 heterocycles. The molecule has 0 aliphatic heterocycles. The Morgan fingerprint density at radius 3 is 2.38 bits per heavy atom. The first-order valence-electron chi connectivity index (χ1n) is 7.27. The summed E-state index contributed by atoms with van der Waals surface area (Å²) < 4.78 is 1.19. The van der Waals surface area contributed by atoms with Crippen molar-refractivity contribution in [1.82, 2.24) is 5.32 Å². The molecular weight excluding hydrogens is 342 g/mol. The molecule has 0 fully saturated rings. The van der Waals surface area contributed by atoms with E-state index in [-0.39, 0.29) is 0 Å². The van der Waals surface area contributed by atoms with Crippen LogP contribution in [0.25, 0.3) is 0 Å². The molecule has 0 unspecified atom stereocenters. The summed E-state index contributed by atoms with van der Waals surface area (Å²) in [4.78, 5) is 1.31. The Labute approximate surface area is 140 Å². The Morgan fingerprint density at radius 1 is 1.05 bits per heavy atom. The van der Waals surface area contributed by atoms with Crippen molar-refractivity contribution in [2.45, 2.75) is 38.0 Å². The van der Waals surface area contributed by atoms with E-state index in [2.05, 4.69) is 78.4 Å². The maximum absolute atomic E-state index is 3.67. The summed E-state index contributed by atoms with van der Waals surface area (Å²) in [7, 11) is 0. The summed E-state index contributed by atoms with van der Waals surface area (Å²) in [6.45, 7) is 8.36. The average Bonchev–Trinajstić information content (AvgIpc) is 2.43. The van der Waals surface area contributed by atoms with E-state index >= 15 is 0 Å². The van der Waals surface area contributed by atoms with Crippen LogP contribution < -0.4 is 5.32 Å². The SMILES string of the molecule is CCNCc1ccc(SCc2cc(C)cc(C)c2)cc1Br. The maximum atomic E-state index is 3.67. The zero-order valence-corrected chi connectivity index (χ0v) is 15.3. The second kappa shape index (κ2) is 8.02. The van der Waals surface area contributed by atoms with Crippen LogP contribution >= 0.6 is 27.7 Å². The molecule has 0 radical (unpaired) electrons. The summed E-state index contributed by atoms with van der Waals surface area (Å²) in [6.07, 6.45) is 0. The molecule has 0 aromatic heterocycles. The maximum Gasteiger partial charge on any atom is 0.0232 e. The minimum absolute atomic E-state index is 0.916. The van der Waals surface area contributed by atoms with Crippen LogP contribution in [-0.2, 0) is 12.3 Å². The molecule has 3 heteroatoms. The highest BCUT2D eigenvalue weighted by Gasteiger charge is 2.03. The Hall–Kier alpha value is -0.770. The molecule has 0 bridgehead atoms. The number of thioether (sulfide) groups is 1. The summed E-state index contributed by atoms with van der Waals surface area (Å²) in [5, 5.41) is 3.36. The predicted octanol–water partition coefficient (Wildman–Crippen LogP) is 5.47. The molecule has 2 rings (SSSR count). The second-order valence-corrected chi connectivity index (χ2v) is 7.22. The molecule has 112 valence electrons. The number of hydrogen-bond donors (Lipinski definition) is 1. The largest absolute Gasteiger partial charge is 0.313 e. The highest BCUT2D eigenvalue weighted by atomic mass is 79.9. The van der Waals surface area contributed by atoms with E-state index in [1.54, 1.807) is 0 Å². The fourth-order valence-corrected chi connectivity index (χ4v) is 3.88. The number of benzene rings is 2.